The maximum absolute atomic E-state index is 13.7. The highest BCUT2D eigenvalue weighted by Crippen LogP contribution is 2.42. The van der Waals surface area contributed by atoms with E-state index in [9.17, 15) is 14.3 Å². The normalized spacial score (nSPS) is 13.0. The van der Waals surface area contributed by atoms with E-state index in [0.29, 0.717) is 48.4 Å². The van der Waals surface area contributed by atoms with Gasteiger partial charge in [0.05, 0.1) is 17.1 Å². The zero-order valence-corrected chi connectivity index (χ0v) is 27.1. The molecule has 4 nitrogen and oxygen atoms in total. The lowest BCUT2D eigenvalue weighted by atomic mass is 9.87. The number of carboxylic acid groups (broad SMARTS) is 1. The second kappa shape index (κ2) is 13.8. The van der Waals surface area contributed by atoms with Crippen LogP contribution in [0.15, 0.2) is 65.8 Å². The first-order chi connectivity index (χ1) is 20.5. The first kappa shape index (κ1) is 32.3. The molecule has 3 aromatic carbocycles. The maximum Gasteiger partial charge on any atom is 0.352 e. The summed E-state index contributed by atoms with van der Waals surface area (Å²) in [5.41, 5.74) is 6.30. The number of carbonyl (C=O) groups is 1. The molecule has 0 saturated heterocycles. The van der Waals surface area contributed by atoms with Gasteiger partial charge in [-0.05, 0) is 104 Å². The van der Waals surface area contributed by atoms with E-state index < -0.39 is 5.97 Å². The van der Waals surface area contributed by atoms with Crippen molar-refractivity contribution in [3.63, 3.8) is 0 Å². The van der Waals surface area contributed by atoms with Crippen molar-refractivity contribution in [2.24, 2.45) is 11.8 Å². The number of fused-ring (bicyclic) bond motifs is 2. The number of nitrogens with zero attached hydrogens (tertiary/aromatic N) is 1. The van der Waals surface area contributed by atoms with Gasteiger partial charge in [0.2, 0.25) is 0 Å². The van der Waals surface area contributed by atoms with E-state index in [1.54, 1.807) is 6.07 Å². The van der Waals surface area contributed by atoms with Gasteiger partial charge in [-0.2, -0.15) is 0 Å². The molecule has 43 heavy (non-hydrogen) atoms. The van der Waals surface area contributed by atoms with E-state index in [0.717, 1.165) is 50.4 Å². The molecule has 0 unspecified atom stereocenters. The third kappa shape index (κ3) is 6.83. The van der Waals surface area contributed by atoms with Crippen molar-refractivity contribution < 1.29 is 19.0 Å². The summed E-state index contributed by atoms with van der Waals surface area (Å²) in [6.45, 7) is 15.9. The molecule has 0 aliphatic carbocycles. The van der Waals surface area contributed by atoms with Gasteiger partial charge in [0.25, 0.3) is 0 Å². The predicted octanol–water partition coefficient (Wildman–Crippen LogP) is 10.7. The van der Waals surface area contributed by atoms with Gasteiger partial charge >= 0.3 is 5.97 Å². The average Bonchev–Trinajstić information content (AvgIpc) is 3.28. The molecular weight excluding hydrogens is 561 g/mol. The molecule has 1 aromatic heterocycles. The van der Waals surface area contributed by atoms with E-state index in [1.165, 1.54) is 17.7 Å². The monoisotopic (exact) mass is 603 g/mol. The Hall–Kier alpha value is -3.57. The van der Waals surface area contributed by atoms with Crippen molar-refractivity contribution >= 4 is 44.8 Å². The minimum Gasteiger partial charge on any atom is -0.493 e. The summed E-state index contributed by atoms with van der Waals surface area (Å²) in [6.07, 6.45) is 4.07. The highest BCUT2D eigenvalue weighted by Gasteiger charge is 2.27. The highest BCUT2D eigenvalue weighted by atomic mass is 35.5. The smallest absolute Gasteiger partial charge is 0.352 e. The average molecular weight is 604 g/mol. The van der Waals surface area contributed by atoms with E-state index in [-0.39, 0.29) is 11.7 Å². The molecule has 0 aliphatic heterocycles. The standard InChI is InChI=1S/C37H43ClFNO3/c1-8-24(6)33(25(7)23(4)5)34-31(38)17-16-30-29(36(37(41)42)40(35(30)34)19-18-22(2)3)12-10-20-43-32-13-9-11-26-21-27(39)14-15-28(26)32/h8-9,11,13-17,21-23H,10,12,18-20H2,1-7H3,(H,41,42)/b24-8-,33-25+. The first-order valence-corrected chi connectivity index (χ1v) is 15.6. The molecule has 6 heteroatoms. The number of halogens is 2. The zero-order valence-electron chi connectivity index (χ0n) is 26.4. The van der Waals surface area contributed by atoms with E-state index >= 15 is 0 Å². The molecule has 1 N–H and O–H groups in total. The van der Waals surface area contributed by atoms with Gasteiger partial charge in [-0.3, -0.25) is 0 Å². The van der Waals surface area contributed by atoms with Crippen molar-refractivity contribution in [1.82, 2.24) is 4.57 Å². The molecule has 4 rings (SSSR count). The Kier molecular flexibility index (Phi) is 10.4. The highest BCUT2D eigenvalue weighted by molar-refractivity contribution is 6.34. The van der Waals surface area contributed by atoms with E-state index in [4.69, 9.17) is 16.3 Å². The number of carboxylic acids is 1. The molecule has 0 bridgehead atoms. The largest absolute Gasteiger partial charge is 0.493 e. The second-order valence-electron chi connectivity index (χ2n) is 12.0. The van der Waals surface area contributed by atoms with Gasteiger partial charge in [0.1, 0.15) is 17.3 Å². The zero-order chi connectivity index (χ0) is 31.4. The third-order valence-electron chi connectivity index (χ3n) is 8.38. The van der Waals surface area contributed by atoms with Crippen molar-refractivity contribution in [1.29, 1.82) is 0 Å². The molecule has 1 heterocycles. The third-order valence-corrected chi connectivity index (χ3v) is 8.69. The number of aryl methyl sites for hydroxylation is 2. The number of aromatic carboxylic acids is 1. The fraction of sp³-hybridized carbons (Fsp3) is 0.378. The molecule has 0 amide bonds. The molecule has 0 aliphatic rings. The Bertz CT molecular complexity index is 1710. The molecule has 0 saturated carbocycles. The van der Waals surface area contributed by atoms with Crippen LogP contribution in [0.2, 0.25) is 5.02 Å². The Balaban J connectivity index is 1.83. The van der Waals surface area contributed by atoms with Gasteiger partial charge in [-0.1, -0.05) is 69.1 Å². The van der Waals surface area contributed by atoms with E-state index in [1.807, 2.05) is 41.8 Å². The topological polar surface area (TPSA) is 51.5 Å². The fourth-order valence-corrected chi connectivity index (χ4v) is 6.01. The van der Waals surface area contributed by atoms with E-state index in [2.05, 4.69) is 47.6 Å². The van der Waals surface area contributed by atoms with Crippen LogP contribution < -0.4 is 4.74 Å². The number of ether oxygens (including phenoxy) is 1. The fourth-order valence-electron chi connectivity index (χ4n) is 5.76. The Morgan fingerprint density at radius 1 is 1.07 bits per heavy atom. The summed E-state index contributed by atoms with van der Waals surface area (Å²) in [6, 6.07) is 14.1. The SMILES string of the molecule is C/C=C(C)\C(=C(\C)C(C)C)c1c(Cl)ccc2c(CCCOc3cccc4cc(F)ccc34)c(C(=O)O)n(CCC(C)C)c12. The minimum atomic E-state index is -0.942. The van der Waals surface area contributed by atoms with Crippen LogP contribution >= 0.6 is 11.6 Å². The van der Waals surface area contributed by atoms with Gasteiger partial charge in [0.15, 0.2) is 0 Å². The maximum atomic E-state index is 13.7. The summed E-state index contributed by atoms with van der Waals surface area (Å²) in [5, 5.41) is 13.8. The number of hydrogen-bond donors (Lipinski definition) is 1. The number of rotatable bonds is 12. The lowest BCUT2D eigenvalue weighted by Crippen LogP contribution is -2.13. The number of hydrogen-bond acceptors (Lipinski definition) is 2. The van der Waals surface area contributed by atoms with Gasteiger partial charge in [0, 0.05) is 22.9 Å². The summed E-state index contributed by atoms with van der Waals surface area (Å²) >= 11 is 7.01. The molecule has 0 spiro atoms. The summed E-state index contributed by atoms with van der Waals surface area (Å²) in [5.74, 6) is 0.146. The quantitative estimate of drug-likeness (QED) is 0.129. The van der Waals surface area contributed by atoms with Crippen LogP contribution in [0.1, 0.15) is 82.9 Å². The van der Waals surface area contributed by atoms with Crippen LogP contribution in [-0.2, 0) is 13.0 Å². The van der Waals surface area contributed by atoms with Crippen LogP contribution in [0.5, 0.6) is 5.75 Å². The van der Waals surface area contributed by atoms with Gasteiger partial charge < -0.3 is 14.4 Å². The summed E-state index contributed by atoms with van der Waals surface area (Å²) in [4.78, 5) is 12.9. The summed E-state index contributed by atoms with van der Waals surface area (Å²) < 4.78 is 21.9. The van der Waals surface area contributed by atoms with Crippen molar-refractivity contribution in [3.05, 3.63) is 93.4 Å². The lowest BCUT2D eigenvalue weighted by Gasteiger charge is -2.21. The molecule has 0 fully saturated rings. The van der Waals surface area contributed by atoms with Crippen LogP contribution in [0.4, 0.5) is 4.39 Å². The number of aromatic nitrogens is 1. The molecule has 0 radical (unpaired) electrons. The Morgan fingerprint density at radius 2 is 1.79 bits per heavy atom. The number of benzene rings is 3. The minimum absolute atomic E-state index is 0.287. The van der Waals surface area contributed by atoms with Crippen molar-refractivity contribution in [3.8, 4) is 5.75 Å². The predicted molar refractivity (Wildman–Crippen MR) is 178 cm³/mol. The first-order valence-electron chi connectivity index (χ1n) is 15.2. The molecule has 4 aromatic rings. The second-order valence-corrected chi connectivity index (χ2v) is 12.5. The molecule has 228 valence electrons. The molecular formula is C37H43ClFNO3. The van der Waals surface area contributed by atoms with Gasteiger partial charge in [-0.25, -0.2) is 9.18 Å². The van der Waals surface area contributed by atoms with Gasteiger partial charge in [-0.15, -0.1) is 0 Å². The Labute approximate surface area is 259 Å². The van der Waals surface area contributed by atoms with Crippen LogP contribution in [0, 0.1) is 17.7 Å². The number of allylic oxidation sites excluding steroid dienone is 4. The van der Waals surface area contributed by atoms with Crippen LogP contribution in [-0.4, -0.2) is 22.2 Å². The lowest BCUT2D eigenvalue weighted by molar-refractivity contribution is 0.0683. The molecule has 0 atom stereocenters. The van der Waals surface area contributed by atoms with Crippen LogP contribution in [0.25, 0.3) is 27.2 Å². The van der Waals surface area contributed by atoms with Crippen molar-refractivity contribution in [2.45, 2.75) is 74.3 Å². The van der Waals surface area contributed by atoms with Crippen LogP contribution in [0.3, 0.4) is 0 Å². The van der Waals surface area contributed by atoms with Crippen molar-refractivity contribution in [2.75, 3.05) is 6.61 Å². The summed E-state index contributed by atoms with van der Waals surface area (Å²) in [7, 11) is 0. The Morgan fingerprint density at radius 3 is 2.44 bits per heavy atom.